The van der Waals surface area contributed by atoms with E-state index in [9.17, 15) is 13.2 Å². The minimum absolute atomic E-state index is 0.0890. The van der Waals surface area contributed by atoms with Gasteiger partial charge < -0.3 is 5.32 Å². The Labute approximate surface area is 198 Å². The van der Waals surface area contributed by atoms with Crippen LogP contribution in [-0.4, -0.2) is 44.0 Å². The first-order valence-corrected chi connectivity index (χ1v) is 13.5. The Morgan fingerprint density at radius 1 is 1.19 bits per heavy atom. The van der Waals surface area contributed by atoms with E-state index in [4.69, 9.17) is 23.2 Å². The van der Waals surface area contributed by atoms with Crippen molar-refractivity contribution in [1.82, 2.24) is 9.62 Å². The van der Waals surface area contributed by atoms with E-state index in [2.05, 4.69) is 5.32 Å². The maximum atomic E-state index is 12.9. The molecule has 0 unspecified atom stereocenters. The Hall–Kier alpha value is -1.25. The lowest BCUT2D eigenvalue weighted by Crippen LogP contribution is -2.45. The fraction of sp³-hybridized carbons (Fsp3) is 0.409. The SMILES string of the molecule is Cc1ccc(S(=O)(=O)N2CCC[C@@H](C(=O)NCCSCc3ccc(Cl)cc3Cl)C2)cc1. The second-order valence-corrected chi connectivity index (χ2v) is 11.5. The number of carbonyl (C=O) groups is 1. The van der Waals surface area contributed by atoms with Gasteiger partial charge in [0.2, 0.25) is 15.9 Å². The van der Waals surface area contributed by atoms with Crippen molar-refractivity contribution in [2.45, 2.75) is 30.4 Å². The van der Waals surface area contributed by atoms with Crippen LogP contribution in [0.3, 0.4) is 0 Å². The van der Waals surface area contributed by atoms with E-state index in [1.165, 1.54) is 4.31 Å². The first kappa shape index (κ1) is 24.4. The zero-order chi connectivity index (χ0) is 22.4. The van der Waals surface area contributed by atoms with Crippen LogP contribution in [0.1, 0.15) is 24.0 Å². The van der Waals surface area contributed by atoms with Crippen LogP contribution in [-0.2, 0) is 20.6 Å². The summed E-state index contributed by atoms with van der Waals surface area (Å²) in [5.74, 6) is 1.05. The van der Waals surface area contributed by atoms with Gasteiger partial charge in [0, 0.05) is 41.2 Å². The number of nitrogens with zero attached hydrogens (tertiary/aromatic N) is 1. The third-order valence-corrected chi connectivity index (χ3v) is 8.71. The molecule has 0 spiro atoms. The third-order valence-electron chi connectivity index (χ3n) is 5.23. The molecule has 5 nitrogen and oxygen atoms in total. The molecule has 31 heavy (non-hydrogen) atoms. The highest BCUT2D eigenvalue weighted by atomic mass is 35.5. The molecule has 3 rings (SSSR count). The summed E-state index contributed by atoms with van der Waals surface area (Å²) in [7, 11) is -3.58. The maximum Gasteiger partial charge on any atom is 0.243 e. The number of rotatable bonds is 8. The van der Waals surface area contributed by atoms with Gasteiger partial charge in [-0.2, -0.15) is 16.1 Å². The number of benzene rings is 2. The number of nitrogens with one attached hydrogen (secondary N) is 1. The number of carbonyl (C=O) groups excluding carboxylic acids is 1. The molecule has 2 aromatic carbocycles. The highest BCUT2D eigenvalue weighted by molar-refractivity contribution is 7.98. The molecule has 0 saturated carbocycles. The first-order valence-electron chi connectivity index (χ1n) is 10.1. The standard InChI is InChI=1S/C22H26Cl2N2O3S2/c1-16-4-8-20(9-5-16)31(28,29)26-11-2-3-17(14-26)22(27)25-10-12-30-15-18-6-7-19(23)13-21(18)24/h4-9,13,17H,2-3,10-12,14-15H2,1H3,(H,25,27)/t17-/m1/s1. The molecule has 1 N–H and O–H groups in total. The second-order valence-electron chi connectivity index (χ2n) is 7.59. The van der Waals surface area contributed by atoms with E-state index in [1.807, 2.05) is 19.1 Å². The van der Waals surface area contributed by atoms with Crippen molar-refractivity contribution in [2.75, 3.05) is 25.4 Å². The van der Waals surface area contributed by atoms with E-state index in [1.54, 1.807) is 42.1 Å². The van der Waals surface area contributed by atoms with Gasteiger partial charge in [0.05, 0.1) is 10.8 Å². The number of hydrogen-bond donors (Lipinski definition) is 1. The van der Waals surface area contributed by atoms with Crippen LogP contribution in [0.15, 0.2) is 47.4 Å². The normalized spacial score (nSPS) is 17.5. The molecule has 1 saturated heterocycles. The molecular weight excluding hydrogens is 475 g/mol. The van der Waals surface area contributed by atoms with Crippen molar-refractivity contribution in [3.05, 3.63) is 63.6 Å². The van der Waals surface area contributed by atoms with Gasteiger partial charge in [-0.05, 0) is 49.6 Å². The van der Waals surface area contributed by atoms with Crippen LogP contribution < -0.4 is 5.32 Å². The topological polar surface area (TPSA) is 66.5 Å². The summed E-state index contributed by atoms with van der Waals surface area (Å²) in [6, 6.07) is 12.3. The highest BCUT2D eigenvalue weighted by Crippen LogP contribution is 2.25. The number of sulfonamides is 1. The average molecular weight is 502 g/mol. The van der Waals surface area contributed by atoms with Crippen molar-refractivity contribution < 1.29 is 13.2 Å². The van der Waals surface area contributed by atoms with E-state index in [-0.39, 0.29) is 23.3 Å². The average Bonchev–Trinajstić information content (AvgIpc) is 2.75. The van der Waals surface area contributed by atoms with Crippen LogP contribution in [0.2, 0.25) is 10.0 Å². The van der Waals surface area contributed by atoms with E-state index >= 15 is 0 Å². The number of aryl methyl sites for hydroxylation is 1. The summed E-state index contributed by atoms with van der Waals surface area (Å²) < 4.78 is 27.3. The largest absolute Gasteiger partial charge is 0.355 e. The number of amides is 1. The molecule has 0 aliphatic carbocycles. The Kier molecular flexibility index (Phi) is 8.70. The van der Waals surface area contributed by atoms with E-state index in [0.717, 1.165) is 22.6 Å². The minimum Gasteiger partial charge on any atom is -0.355 e. The summed E-state index contributed by atoms with van der Waals surface area (Å²) in [5.41, 5.74) is 2.01. The van der Waals surface area contributed by atoms with Crippen LogP contribution in [0.5, 0.6) is 0 Å². The first-order chi connectivity index (χ1) is 14.8. The summed E-state index contributed by atoms with van der Waals surface area (Å²) in [5, 5.41) is 4.19. The quantitative estimate of drug-likeness (QED) is 0.530. The van der Waals surface area contributed by atoms with Crippen LogP contribution in [0.4, 0.5) is 0 Å². The van der Waals surface area contributed by atoms with Gasteiger partial charge in [-0.1, -0.05) is 47.0 Å². The van der Waals surface area contributed by atoms with Gasteiger partial charge >= 0.3 is 0 Å². The zero-order valence-corrected chi connectivity index (χ0v) is 20.5. The lowest BCUT2D eigenvalue weighted by Gasteiger charge is -2.31. The van der Waals surface area contributed by atoms with Crippen LogP contribution in [0, 0.1) is 12.8 Å². The van der Waals surface area contributed by atoms with Crippen molar-refractivity contribution in [3.63, 3.8) is 0 Å². The lowest BCUT2D eigenvalue weighted by atomic mass is 9.99. The van der Waals surface area contributed by atoms with Crippen molar-refractivity contribution in [1.29, 1.82) is 0 Å². The second kappa shape index (κ2) is 11.1. The lowest BCUT2D eigenvalue weighted by molar-refractivity contribution is -0.125. The van der Waals surface area contributed by atoms with E-state index in [0.29, 0.717) is 36.0 Å². The van der Waals surface area contributed by atoms with Gasteiger partial charge in [0.15, 0.2) is 0 Å². The molecule has 0 radical (unpaired) electrons. The van der Waals surface area contributed by atoms with E-state index < -0.39 is 10.0 Å². The summed E-state index contributed by atoms with van der Waals surface area (Å²) in [4.78, 5) is 12.9. The molecule has 9 heteroatoms. The minimum atomic E-state index is -3.58. The van der Waals surface area contributed by atoms with Gasteiger partial charge in [0.1, 0.15) is 0 Å². The van der Waals surface area contributed by atoms with Crippen LogP contribution >= 0.6 is 35.0 Å². The van der Waals surface area contributed by atoms with Crippen LogP contribution in [0.25, 0.3) is 0 Å². The van der Waals surface area contributed by atoms with Crippen molar-refractivity contribution in [3.8, 4) is 0 Å². The highest BCUT2D eigenvalue weighted by Gasteiger charge is 2.33. The monoisotopic (exact) mass is 500 g/mol. The molecule has 1 aliphatic rings. The fourth-order valence-electron chi connectivity index (χ4n) is 3.45. The number of hydrogen-bond acceptors (Lipinski definition) is 4. The van der Waals surface area contributed by atoms with Gasteiger partial charge in [-0.15, -0.1) is 0 Å². The molecule has 1 atom stereocenters. The van der Waals surface area contributed by atoms with Gasteiger partial charge in [-0.25, -0.2) is 8.42 Å². The fourth-order valence-corrected chi connectivity index (χ4v) is 6.39. The maximum absolute atomic E-state index is 12.9. The molecule has 168 valence electrons. The third kappa shape index (κ3) is 6.62. The number of piperidine rings is 1. The predicted octanol–water partition coefficient (Wildman–Crippen LogP) is 4.75. The molecule has 0 aromatic heterocycles. The molecule has 0 bridgehead atoms. The molecule has 1 amide bonds. The molecule has 1 fully saturated rings. The van der Waals surface area contributed by atoms with Gasteiger partial charge in [0.25, 0.3) is 0 Å². The van der Waals surface area contributed by atoms with Crippen molar-refractivity contribution >= 4 is 50.9 Å². The summed E-state index contributed by atoms with van der Waals surface area (Å²) in [6.07, 6.45) is 1.37. The molecule has 1 heterocycles. The Balaban J connectivity index is 1.46. The number of thioether (sulfide) groups is 1. The summed E-state index contributed by atoms with van der Waals surface area (Å²) >= 11 is 13.8. The Morgan fingerprint density at radius 2 is 1.94 bits per heavy atom. The summed E-state index contributed by atoms with van der Waals surface area (Å²) in [6.45, 7) is 3.10. The predicted molar refractivity (Wildman–Crippen MR) is 128 cm³/mol. The number of halogens is 2. The Bertz CT molecular complexity index is 1010. The molecule has 2 aromatic rings. The zero-order valence-electron chi connectivity index (χ0n) is 17.3. The smallest absolute Gasteiger partial charge is 0.243 e. The molecule has 1 aliphatic heterocycles. The van der Waals surface area contributed by atoms with Gasteiger partial charge in [-0.3, -0.25) is 4.79 Å². The molecular formula is C22H26Cl2N2O3S2. The van der Waals surface area contributed by atoms with Crippen molar-refractivity contribution in [2.24, 2.45) is 5.92 Å². The Morgan fingerprint density at radius 3 is 2.65 bits per heavy atom.